The maximum absolute atomic E-state index is 13.1. The first-order valence-corrected chi connectivity index (χ1v) is 11.5. The second kappa shape index (κ2) is 9.99. The molecule has 153 valence electrons. The predicted molar refractivity (Wildman–Crippen MR) is 119 cm³/mol. The molecule has 4 nitrogen and oxygen atoms in total. The monoisotopic (exact) mass is 430 g/mol. The van der Waals surface area contributed by atoms with E-state index in [4.69, 9.17) is 16.3 Å². The lowest BCUT2D eigenvalue weighted by Gasteiger charge is -2.30. The zero-order valence-electron chi connectivity index (χ0n) is 16.3. The summed E-state index contributed by atoms with van der Waals surface area (Å²) in [5, 5.41) is 0.512. The Labute approximate surface area is 178 Å². The number of rotatable bonds is 9. The van der Waals surface area contributed by atoms with Crippen molar-refractivity contribution in [1.82, 2.24) is 0 Å². The van der Waals surface area contributed by atoms with Crippen LogP contribution in [0.5, 0.6) is 5.75 Å². The summed E-state index contributed by atoms with van der Waals surface area (Å²) in [6.07, 6.45) is 11.4. The molecule has 3 rings (SSSR count). The normalized spacial score (nSPS) is 14.0. The number of sulfonamides is 1. The van der Waals surface area contributed by atoms with E-state index in [1.807, 2.05) is 30.4 Å². The molecule has 2 aromatic carbocycles. The van der Waals surface area contributed by atoms with E-state index in [2.05, 4.69) is 19.1 Å². The number of unbranched alkanes of at least 4 members (excludes halogenated alkanes) is 2. The maximum atomic E-state index is 13.1. The minimum atomic E-state index is -3.62. The molecule has 0 aliphatic carbocycles. The molecule has 1 aliphatic rings. The van der Waals surface area contributed by atoms with Gasteiger partial charge in [-0.25, -0.2) is 8.42 Å². The summed E-state index contributed by atoms with van der Waals surface area (Å²) in [5.41, 5.74) is 1.70. The Morgan fingerprint density at radius 2 is 1.90 bits per heavy atom. The van der Waals surface area contributed by atoms with Crippen molar-refractivity contribution in [2.45, 2.75) is 30.6 Å². The first-order chi connectivity index (χ1) is 14.0. The SMILES string of the molecule is C=CC[CH]CC=CCOc1ccc2c(c1)CCCN2S(=O)(=O)c1ccc(Cl)cc1. The fourth-order valence-corrected chi connectivity index (χ4v) is 4.90. The average molecular weight is 431 g/mol. The molecule has 6 heteroatoms. The van der Waals surface area contributed by atoms with Gasteiger partial charge in [0.25, 0.3) is 10.0 Å². The molecule has 0 N–H and O–H groups in total. The standard InChI is InChI=1S/C23H25ClNO3S/c1-2-3-4-5-6-7-17-28-21-12-15-23-19(18-21)9-8-16-25(23)29(26,27)22-13-10-20(24)11-14-22/h2,4,6-7,10-15,18H,1,3,5,8-9,16-17H2. The number of nitrogens with zero attached hydrogens (tertiary/aromatic N) is 1. The average Bonchev–Trinajstić information content (AvgIpc) is 2.73. The van der Waals surface area contributed by atoms with Gasteiger partial charge in [0.2, 0.25) is 0 Å². The summed E-state index contributed by atoms with van der Waals surface area (Å²) in [7, 11) is -3.62. The molecule has 0 amide bonds. The van der Waals surface area contributed by atoms with E-state index in [1.54, 1.807) is 24.3 Å². The van der Waals surface area contributed by atoms with Crippen molar-refractivity contribution in [3.63, 3.8) is 0 Å². The van der Waals surface area contributed by atoms with Crippen molar-refractivity contribution in [3.05, 3.63) is 84.3 Å². The highest BCUT2D eigenvalue weighted by Crippen LogP contribution is 2.34. The first-order valence-electron chi connectivity index (χ1n) is 9.64. The number of halogens is 1. The van der Waals surface area contributed by atoms with Gasteiger partial charge in [0.05, 0.1) is 10.6 Å². The number of hydrogen-bond acceptors (Lipinski definition) is 3. The number of aryl methyl sites for hydroxylation is 1. The maximum Gasteiger partial charge on any atom is 0.264 e. The highest BCUT2D eigenvalue weighted by Gasteiger charge is 2.29. The Kier molecular flexibility index (Phi) is 7.40. The number of allylic oxidation sites excluding steroid dienone is 2. The fourth-order valence-electron chi connectivity index (χ4n) is 3.23. The van der Waals surface area contributed by atoms with Crippen LogP contribution in [0, 0.1) is 6.42 Å². The van der Waals surface area contributed by atoms with Crippen molar-refractivity contribution in [2.24, 2.45) is 0 Å². The van der Waals surface area contributed by atoms with E-state index >= 15 is 0 Å². The van der Waals surface area contributed by atoms with Crippen molar-refractivity contribution in [1.29, 1.82) is 0 Å². The quantitative estimate of drug-likeness (QED) is 0.385. The van der Waals surface area contributed by atoms with Gasteiger partial charge >= 0.3 is 0 Å². The van der Waals surface area contributed by atoms with Gasteiger partial charge in [-0.3, -0.25) is 4.31 Å². The van der Waals surface area contributed by atoms with Crippen LogP contribution in [-0.4, -0.2) is 21.6 Å². The van der Waals surface area contributed by atoms with Crippen LogP contribution < -0.4 is 9.04 Å². The van der Waals surface area contributed by atoms with Crippen LogP contribution in [-0.2, 0) is 16.4 Å². The van der Waals surface area contributed by atoms with Gasteiger partial charge in [-0.15, -0.1) is 6.58 Å². The second-order valence-corrected chi connectivity index (χ2v) is 9.06. The van der Waals surface area contributed by atoms with Crippen molar-refractivity contribution < 1.29 is 13.2 Å². The number of benzene rings is 2. The Hall–Kier alpha value is -2.24. The van der Waals surface area contributed by atoms with E-state index in [0.29, 0.717) is 23.9 Å². The minimum absolute atomic E-state index is 0.244. The zero-order valence-corrected chi connectivity index (χ0v) is 17.8. The van der Waals surface area contributed by atoms with Gasteiger partial charge in [-0.1, -0.05) is 29.8 Å². The van der Waals surface area contributed by atoms with E-state index in [0.717, 1.165) is 37.0 Å². The van der Waals surface area contributed by atoms with Crippen LogP contribution in [0.4, 0.5) is 5.69 Å². The minimum Gasteiger partial charge on any atom is -0.490 e. The third-order valence-electron chi connectivity index (χ3n) is 4.68. The molecular formula is C23H25ClNO3S. The largest absolute Gasteiger partial charge is 0.490 e. The lowest BCUT2D eigenvalue weighted by Crippen LogP contribution is -2.35. The smallest absolute Gasteiger partial charge is 0.264 e. The highest BCUT2D eigenvalue weighted by atomic mass is 35.5. The lowest BCUT2D eigenvalue weighted by atomic mass is 10.0. The number of hydrogen-bond donors (Lipinski definition) is 0. The number of anilines is 1. The summed E-state index contributed by atoms with van der Waals surface area (Å²) >= 11 is 5.90. The molecule has 0 atom stereocenters. The van der Waals surface area contributed by atoms with E-state index < -0.39 is 10.0 Å². The van der Waals surface area contributed by atoms with E-state index in [1.165, 1.54) is 4.31 Å². The first kappa shape index (κ1) is 21.5. The Morgan fingerprint density at radius 1 is 1.10 bits per heavy atom. The third-order valence-corrected chi connectivity index (χ3v) is 6.76. The molecule has 0 saturated heterocycles. The molecule has 1 heterocycles. The van der Waals surface area contributed by atoms with Crippen LogP contribution >= 0.6 is 11.6 Å². The highest BCUT2D eigenvalue weighted by molar-refractivity contribution is 7.92. The van der Waals surface area contributed by atoms with Crippen LogP contribution in [0.3, 0.4) is 0 Å². The molecule has 0 unspecified atom stereocenters. The fraction of sp³-hybridized carbons (Fsp3) is 0.261. The molecule has 29 heavy (non-hydrogen) atoms. The van der Waals surface area contributed by atoms with Crippen LogP contribution in [0.25, 0.3) is 0 Å². The van der Waals surface area contributed by atoms with Gasteiger partial charge < -0.3 is 4.74 Å². The summed E-state index contributed by atoms with van der Waals surface area (Å²) in [6.45, 7) is 4.62. The van der Waals surface area contributed by atoms with Gasteiger partial charge in [0, 0.05) is 11.6 Å². The molecule has 0 aromatic heterocycles. The van der Waals surface area contributed by atoms with Crippen LogP contribution in [0.1, 0.15) is 24.8 Å². The van der Waals surface area contributed by atoms with Crippen molar-refractivity contribution >= 4 is 27.3 Å². The molecular weight excluding hydrogens is 406 g/mol. The summed E-state index contributed by atoms with van der Waals surface area (Å²) in [6, 6.07) is 11.9. The molecule has 0 saturated carbocycles. The molecule has 1 aliphatic heterocycles. The number of ether oxygens (including phenoxy) is 1. The summed E-state index contributed by atoms with van der Waals surface area (Å²) < 4.78 is 33.5. The molecule has 0 fully saturated rings. The van der Waals surface area contributed by atoms with Crippen LogP contribution in [0.15, 0.2) is 72.2 Å². The van der Waals surface area contributed by atoms with Gasteiger partial charge in [0.1, 0.15) is 12.4 Å². The van der Waals surface area contributed by atoms with Crippen molar-refractivity contribution in [2.75, 3.05) is 17.5 Å². The summed E-state index contributed by atoms with van der Waals surface area (Å²) in [5.74, 6) is 0.745. The molecule has 2 aromatic rings. The zero-order chi connectivity index (χ0) is 20.7. The Bertz CT molecular complexity index is 968. The topological polar surface area (TPSA) is 46.6 Å². The lowest BCUT2D eigenvalue weighted by molar-refractivity contribution is 0.362. The molecule has 0 spiro atoms. The predicted octanol–water partition coefficient (Wildman–Crippen LogP) is 5.59. The summed E-state index contributed by atoms with van der Waals surface area (Å²) in [4.78, 5) is 0.244. The van der Waals surface area contributed by atoms with Gasteiger partial charge in [-0.2, -0.15) is 0 Å². The third kappa shape index (κ3) is 5.43. The molecule has 1 radical (unpaired) electrons. The van der Waals surface area contributed by atoms with Gasteiger partial charge in [0.15, 0.2) is 0 Å². The Balaban J connectivity index is 1.70. The van der Waals surface area contributed by atoms with E-state index in [9.17, 15) is 8.42 Å². The van der Waals surface area contributed by atoms with Crippen LogP contribution in [0.2, 0.25) is 5.02 Å². The van der Waals surface area contributed by atoms with Crippen molar-refractivity contribution in [3.8, 4) is 5.75 Å². The molecule has 0 bridgehead atoms. The Morgan fingerprint density at radius 3 is 2.66 bits per heavy atom. The second-order valence-electron chi connectivity index (χ2n) is 6.76. The van der Waals surface area contributed by atoms with E-state index in [-0.39, 0.29) is 4.90 Å². The number of fused-ring (bicyclic) bond motifs is 1. The van der Waals surface area contributed by atoms with Gasteiger partial charge in [-0.05, 0) is 80.1 Å².